The summed E-state index contributed by atoms with van der Waals surface area (Å²) in [7, 11) is -3.79. The van der Waals surface area contributed by atoms with Crippen LogP contribution in [0.2, 0.25) is 0 Å². The van der Waals surface area contributed by atoms with Crippen LogP contribution in [0.1, 0.15) is 54.2 Å². The first kappa shape index (κ1) is 17.7. The smallest absolute Gasteiger partial charge is 0.296 e. The van der Waals surface area contributed by atoms with Gasteiger partial charge >= 0.3 is 0 Å². The van der Waals surface area contributed by atoms with Gasteiger partial charge in [-0.2, -0.15) is 8.42 Å². The fourth-order valence-corrected chi connectivity index (χ4v) is 5.50. The van der Waals surface area contributed by atoms with Crippen molar-refractivity contribution in [3.63, 3.8) is 0 Å². The van der Waals surface area contributed by atoms with Gasteiger partial charge in [0.25, 0.3) is 10.1 Å². The van der Waals surface area contributed by atoms with Crippen molar-refractivity contribution in [1.82, 2.24) is 0 Å². The highest BCUT2D eigenvalue weighted by Gasteiger charge is 2.48. The minimum Gasteiger partial charge on any atom is -0.389 e. The molecule has 138 valence electrons. The summed E-state index contributed by atoms with van der Waals surface area (Å²) in [4.78, 5) is 0.158. The fraction of sp³-hybridized carbons (Fsp3) is 0.429. The normalized spacial score (nSPS) is 27.3. The third-order valence-corrected chi connectivity index (χ3v) is 7.27. The van der Waals surface area contributed by atoms with Crippen LogP contribution in [0.15, 0.2) is 53.4 Å². The maximum Gasteiger partial charge on any atom is 0.296 e. The highest BCUT2D eigenvalue weighted by Crippen LogP contribution is 2.55. The van der Waals surface area contributed by atoms with E-state index in [0.717, 1.165) is 18.4 Å². The minimum atomic E-state index is -3.79. The van der Waals surface area contributed by atoms with Gasteiger partial charge in [0.1, 0.15) is 0 Å². The second-order valence-corrected chi connectivity index (χ2v) is 9.22. The van der Waals surface area contributed by atoms with Crippen LogP contribution in [0.5, 0.6) is 0 Å². The average Bonchev–Trinajstić information content (AvgIpc) is 2.62. The van der Waals surface area contributed by atoms with Gasteiger partial charge in [0.05, 0.1) is 17.1 Å². The second-order valence-electron chi connectivity index (χ2n) is 7.60. The second kappa shape index (κ2) is 6.48. The van der Waals surface area contributed by atoms with Gasteiger partial charge in [-0.05, 0) is 55.4 Å². The van der Waals surface area contributed by atoms with E-state index < -0.39 is 15.7 Å². The van der Waals surface area contributed by atoms with Crippen molar-refractivity contribution in [2.75, 3.05) is 6.61 Å². The highest BCUT2D eigenvalue weighted by atomic mass is 32.2. The molecule has 0 heterocycles. The van der Waals surface area contributed by atoms with Gasteiger partial charge in [-0.25, -0.2) is 0 Å². The van der Waals surface area contributed by atoms with Crippen molar-refractivity contribution in [3.8, 4) is 0 Å². The Morgan fingerprint density at radius 1 is 1.08 bits per heavy atom. The molecule has 0 spiro atoms. The maximum atomic E-state index is 12.3. The molecular weight excluding hydrogens is 348 g/mol. The van der Waals surface area contributed by atoms with Gasteiger partial charge < -0.3 is 5.11 Å². The van der Waals surface area contributed by atoms with Crippen LogP contribution in [0, 0.1) is 6.92 Å². The average molecular weight is 372 g/mol. The quantitative estimate of drug-likeness (QED) is 0.809. The van der Waals surface area contributed by atoms with Crippen LogP contribution in [0.3, 0.4) is 0 Å². The van der Waals surface area contributed by atoms with Crippen molar-refractivity contribution < 1.29 is 17.7 Å². The van der Waals surface area contributed by atoms with E-state index in [1.54, 1.807) is 24.3 Å². The number of benzene rings is 2. The lowest BCUT2D eigenvalue weighted by Gasteiger charge is -2.49. The topological polar surface area (TPSA) is 63.6 Å². The third-order valence-electron chi connectivity index (χ3n) is 5.95. The van der Waals surface area contributed by atoms with Crippen LogP contribution in [0.4, 0.5) is 0 Å². The zero-order chi connectivity index (χ0) is 18.4. The molecule has 4 nitrogen and oxygen atoms in total. The molecule has 0 amide bonds. The molecule has 2 aromatic rings. The van der Waals surface area contributed by atoms with Gasteiger partial charge in [0, 0.05) is 12.3 Å². The Kier molecular flexibility index (Phi) is 4.41. The zero-order valence-corrected chi connectivity index (χ0v) is 15.7. The van der Waals surface area contributed by atoms with Gasteiger partial charge in [0.2, 0.25) is 0 Å². The molecule has 26 heavy (non-hydrogen) atoms. The van der Waals surface area contributed by atoms with Gasteiger partial charge in [-0.1, -0.05) is 42.0 Å². The summed E-state index contributed by atoms with van der Waals surface area (Å²) >= 11 is 0. The summed E-state index contributed by atoms with van der Waals surface area (Å²) in [6.45, 7) is 1.90. The number of fused-ring (bicyclic) bond motifs is 2. The number of aryl methyl sites for hydroxylation is 1. The van der Waals surface area contributed by atoms with E-state index in [4.69, 9.17) is 4.18 Å². The van der Waals surface area contributed by atoms with Crippen molar-refractivity contribution in [2.45, 2.75) is 54.9 Å². The zero-order valence-electron chi connectivity index (χ0n) is 14.9. The lowest BCUT2D eigenvalue weighted by Crippen LogP contribution is -2.46. The number of hydrogen-bond donors (Lipinski definition) is 1. The first-order valence-electron chi connectivity index (χ1n) is 9.16. The Hall–Kier alpha value is -1.69. The lowest BCUT2D eigenvalue weighted by atomic mass is 9.58. The molecule has 5 rings (SSSR count). The summed E-state index contributed by atoms with van der Waals surface area (Å²) in [5.41, 5.74) is 2.68. The summed E-state index contributed by atoms with van der Waals surface area (Å²) in [5, 5.41) is 11.2. The number of aliphatic hydroxyl groups is 1. The molecule has 0 aromatic heterocycles. The molecule has 3 aliphatic rings. The van der Waals surface area contributed by atoms with E-state index >= 15 is 0 Å². The van der Waals surface area contributed by atoms with Gasteiger partial charge in [-0.3, -0.25) is 4.18 Å². The van der Waals surface area contributed by atoms with Gasteiger partial charge in [-0.15, -0.1) is 0 Å². The summed E-state index contributed by atoms with van der Waals surface area (Å²) in [5.74, 6) is 0.421. The molecule has 1 N–H and O–H groups in total. The number of hydrogen-bond acceptors (Lipinski definition) is 4. The molecule has 1 saturated carbocycles. The molecule has 2 bridgehead atoms. The van der Waals surface area contributed by atoms with Gasteiger partial charge in [0.15, 0.2) is 0 Å². The van der Waals surface area contributed by atoms with E-state index in [2.05, 4.69) is 18.2 Å². The molecule has 5 heteroatoms. The Bertz CT molecular complexity index is 904. The first-order valence-corrected chi connectivity index (χ1v) is 10.6. The highest BCUT2D eigenvalue weighted by molar-refractivity contribution is 7.86. The summed E-state index contributed by atoms with van der Waals surface area (Å²) in [6, 6.07) is 14.9. The fourth-order valence-electron chi connectivity index (χ4n) is 4.60. The summed E-state index contributed by atoms with van der Waals surface area (Å²) in [6.07, 6.45) is 3.05. The van der Waals surface area contributed by atoms with E-state index in [0.29, 0.717) is 18.8 Å². The Morgan fingerprint density at radius 3 is 2.50 bits per heavy atom. The molecule has 0 radical (unpaired) electrons. The van der Waals surface area contributed by atoms with E-state index in [1.165, 1.54) is 11.1 Å². The first-order chi connectivity index (χ1) is 12.4. The molecule has 3 atom stereocenters. The van der Waals surface area contributed by atoms with Crippen molar-refractivity contribution in [2.24, 2.45) is 0 Å². The molecule has 0 saturated heterocycles. The van der Waals surface area contributed by atoms with Crippen LogP contribution in [-0.4, -0.2) is 25.7 Å². The molecule has 0 unspecified atom stereocenters. The molecule has 1 fully saturated rings. The largest absolute Gasteiger partial charge is 0.389 e. The lowest BCUT2D eigenvalue weighted by molar-refractivity contribution is -0.0477. The Morgan fingerprint density at radius 2 is 1.77 bits per heavy atom. The predicted molar refractivity (Wildman–Crippen MR) is 99.7 cm³/mol. The SMILES string of the molecule is Cc1ccc(S(=O)(=O)OCC[C@]2(O)C[C@H]3CC[C@@H]2c2ccccc23)cc1. The predicted octanol–water partition coefficient (Wildman–Crippen LogP) is 3.89. The minimum absolute atomic E-state index is 0.00189. The Labute approximate surface area is 155 Å². The standard InChI is InChI=1S/C21H24O4S/c1-15-6-9-17(10-7-15)26(23,24)25-13-12-21(22)14-16-8-11-20(21)19-5-3-2-4-18(16)19/h2-7,9-10,16,20,22H,8,11-14H2,1H3/t16-,20-,21+/m1/s1. The van der Waals surface area contributed by atoms with E-state index in [1.807, 2.05) is 13.0 Å². The third kappa shape index (κ3) is 3.08. The van der Waals surface area contributed by atoms with Crippen LogP contribution < -0.4 is 0 Å². The van der Waals surface area contributed by atoms with E-state index in [9.17, 15) is 13.5 Å². The molecule has 0 aliphatic heterocycles. The molecule has 3 aliphatic carbocycles. The van der Waals surface area contributed by atoms with E-state index in [-0.39, 0.29) is 17.4 Å². The van der Waals surface area contributed by atoms with Crippen LogP contribution >= 0.6 is 0 Å². The van der Waals surface area contributed by atoms with Crippen molar-refractivity contribution in [3.05, 3.63) is 65.2 Å². The monoisotopic (exact) mass is 372 g/mol. The van der Waals surface area contributed by atoms with Crippen molar-refractivity contribution >= 4 is 10.1 Å². The Balaban J connectivity index is 1.46. The van der Waals surface area contributed by atoms with Crippen molar-refractivity contribution in [1.29, 1.82) is 0 Å². The molecule has 2 aromatic carbocycles. The number of rotatable bonds is 5. The van der Waals surface area contributed by atoms with Crippen LogP contribution in [-0.2, 0) is 14.3 Å². The molecular formula is C21H24O4S. The van der Waals surface area contributed by atoms with Crippen LogP contribution in [0.25, 0.3) is 0 Å². The maximum absolute atomic E-state index is 12.3. The summed E-state index contributed by atoms with van der Waals surface area (Å²) < 4.78 is 29.9.